The third-order valence-electron chi connectivity index (χ3n) is 6.19. The fourth-order valence-corrected chi connectivity index (χ4v) is 4.19. The zero-order valence-corrected chi connectivity index (χ0v) is 21.7. The minimum Gasteiger partial charge on any atom is -0.503 e. The molecule has 0 unspecified atom stereocenters. The first-order chi connectivity index (χ1) is 17.2. The monoisotopic (exact) mass is 490 g/mol. The zero-order valence-electron chi connectivity index (χ0n) is 21.7. The van der Waals surface area contributed by atoms with Crippen molar-refractivity contribution in [1.82, 2.24) is 9.13 Å². The van der Waals surface area contributed by atoms with Gasteiger partial charge in [0.1, 0.15) is 11.6 Å². The average Bonchev–Trinajstić information content (AvgIpc) is 2.84. The Morgan fingerprint density at radius 3 is 2.11 bits per heavy atom. The number of aromatic nitrogens is 2. The summed E-state index contributed by atoms with van der Waals surface area (Å²) in [6, 6.07) is 2.00. The molecule has 190 valence electrons. The highest BCUT2D eigenvalue weighted by Gasteiger charge is 2.22. The molecule has 0 atom stereocenters. The van der Waals surface area contributed by atoms with Gasteiger partial charge in [-0.15, -0.1) is 5.73 Å². The van der Waals surface area contributed by atoms with Gasteiger partial charge in [0.15, 0.2) is 5.88 Å². The molecule has 2 rings (SSSR count). The fraction of sp³-hybridized carbons (Fsp3) is 0.464. The second-order valence-corrected chi connectivity index (χ2v) is 9.04. The largest absolute Gasteiger partial charge is 0.503 e. The number of hydrogen-bond donors (Lipinski definition) is 2. The van der Waals surface area contributed by atoms with Crippen molar-refractivity contribution in [1.29, 1.82) is 5.26 Å². The maximum Gasteiger partial charge on any atom is 0.271 e. The molecule has 2 aromatic heterocycles. The van der Waals surface area contributed by atoms with E-state index >= 15 is 0 Å². The van der Waals surface area contributed by atoms with Crippen LogP contribution in [0.1, 0.15) is 93.5 Å². The summed E-state index contributed by atoms with van der Waals surface area (Å²) in [5, 5.41) is 31.2. The van der Waals surface area contributed by atoms with Crippen LogP contribution in [0.5, 0.6) is 11.8 Å². The third-order valence-corrected chi connectivity index (χ3v) is 6.19. The Hall–Kier alpha value is -4.00. The molecule has 0 aromatic carbocycles. The molecule has 0 spiro atoms. The summed E-state index contributed by atoms with van der Waals surface area (Å²) >= 11 is 0. The van der Waals surface area contributed by atoms with Crippen LogP contribution in [0, 0.1) is 24.8 Å². The van der Waals surface area contributed by atoms with Gasteiger partial charge < -0.3 is 10.2 Å². The molecule has 0 saturated carbocycles. The summed E-state index contributed by atoms with van der Waals surface area (Å²) in [5.41, 5.74) is 3.18. The highest BCUT2D eigenvalue weighted by Crippen LogP contribution is 2.32. The van der Waals surface area contributed by atoms with E-state index in [1.54, 1.807) is 6.92 Å². The van der Waals surface area contributed by atoms with Crippen LogP contribution in [0.25, 0.3) is 17.0 Å². The second kappa shape index (κ2) is 12.6. The second-order valence-electron chi connectivity index (χ2n) is 9.04. The Balaban J connectivity index is 2.80. The third kappa shape index (κ3) is 5.62. The van der Waals surface area contributed by atoms with E-state index in [4.69, 9.17) is 6.57 Å². The van der Waals surface area contributed by atoms with Gasteiger partial charge in [-0.3, -0.25) is 18.7 Å². The molecule has 0 bridgehead atoms. The van der Waals surface area contributed by atoms with Crippen LogP contribution in [-0.2, 0) is 13.1 Å². The van der Waals surface area contributed by atoms with E-state index in [2.05, 4.69) is 10.6 Å². The molecule has 36 heavy (non-hydrogen) atoms. The lowest BCUT2D eigenvalue weighted by Gasteiger charge is -2.17. The van der Waals surface area contributed by atoms with Gasteiger partial charge in [0.25, 0.3) is 11.1 Å². The normalized spacial score (nSPS) is 10.6. The van der Waals surface area contributed by atoms with Crippen LogP contribution in [0.15, 0.2) is 15.3 Å². The molecule has 2 heterocycles. The van der Waals surface area contributed by atoms with E-state index in [-0.39, 0.29) is 47.6 Å². The first-order valence-corrected chi connectivity index (χ1v) is 12.3. The Morgan fingerprint density at radius 1 is 0.972 bits per heavy atom. The maximum absolute atomic E-state index is 13.1. The molecular weight excluding hydrogens is 456 g/mol. The number of nitriles is 1. The maximum atomic E-state index is 13.1. The van der Waals surface area contributed by atoms with Crippen LogP contribution in [-0.4, -0.2) is 19.3 Å². The smallest absolute Gasteiger partial charge is 0.271 e. The van der Waals surface area contributed by atoms with Crippen molar-refractivity contribution in [2.45, 2.75) is 85.7 Å². The predicted octanol–water partition coefficient (Wildman–Crippen LogP) is 5.59. The Labute approximate surface area is 211 Å². The van der Waals surface area contributed by atoms with Crippen molar-refractivity contribution in [3.63, 3.8) is 0 Å². The lowest BCUT2D eigenvalue weighted by molar-refractivity contribution is 0.396. The lowest BCUT2D eigenvalue weighted by atomic mass is 9.93. The molecule has 0 fully saturated rings. The van der Waals surface area contributed by atoms with E-state index in [9.17, 15) is 25.1 Å². The van der Waals surface area contributed by atoms with E-state index in [0.717, 1.165) is 19.3 Å². The Morgan fingerprint density at radius 2 is 1.56 bits per heavy atom. The first kappa shape index (κ1) is 28.2. The van der Waals surface area contributed by atoms with E-state index in [1.807, 2.05) is 33.8 Å². The molecule has 2 aromatic rings. The van der Waals surface area contributed by atoms with E-state index < -0.39 is 11.1 Å². The Kier molecular flexibility index (Phi) is 9.91. The van der Waals surface area contributed by atoms with Crippen molar-refractivity contribution < 1.29 is 10.2 Å². The highest BCUT2D eigenvalue weighted by molar-refractivity contribution is 5.71. The minimum absolute atomic E-state index is 0.000658. The molecule has 8 nitrogen and oxygen atoms in total. The zero-order chi connectivity index (χ0) is 27.0. The standard InChI is InChI=1S/C28H34N4O4/c1-7-9-11-16-31-26(34)21(23(18(3)4)22(17-29)27(31)35)14-12-13-20-19(5)24(30-6)28(36)32(25(20)33)15-10-8-2/h13-14,18,34,36H,7-11,15-16H2,1-5H3. The molecule has 8 heteroatoms. The quantitative estimate of drug-likeness (QED) is 0.256. The molecular formula is C28H34N4O4. The summed E-state index contributed by atoms with van der Waals surface area (Å²) in [5.74, 6) is -0.823. The van der Waals surface area contributed by atoms with Crippen molar-refractivity contribution in [2.24, 2.45) is 0 Å². The number of aromatic hydroxyl groups is 2. The van der Waals surface area contributed by atoms with Crippen molar-refractivity contribution in [3.05, 3.63) is 65.7 Å². The van der Waals surface area contributed by atoms with Gasteiger partial charge in [0, 0.05) is 24.2 Å². The van der Waals surface area contributed by atoms with E-state index in [1.165, 1.54) is 21.3 Å². The number of hydrogen-bond acceptors (Lipinski definition) is 5. The number of nitrogens with zero attached hydrogens (tertiary/aromatic N) is 4. The van der Waals surface area contributed by atoms with Crippen molar-refractivity contribution in [2.75, 3.05) is 0 Å². The summed E-state index contributed by atoms with van der Waals surface area (Å²) < 4.78 is 2.41. The minimum atomic E-state index is -0.522. The summed E-state index contributed by atoms with van der Waals surface area (Å²) in [6.07, 6.45) is 6.84. The molecule has 0 saturated heterocycles. The number of unbranched alkanes of at least 4 members (excludes halogenated alkanes) is 3. The topological polar surface area (TPSA) is 113 Å². The van der Waals surface area contributed by atoms with Crippen LogP contribution in [0.2, 0.25) is 0 Å². The van der Waals surface area contributed by atoms with Crippen LogP contribution in [0.3, 0.4) is 0 Å². The number of pyridine rings is 2. The van der Waals surface area contributed by atoms with Crippen LogP contribution >= 0.6 is 0 Å². The van der Waals surface area contributed by atoms with Crippen molar-refractivity contribution in [3.8, 4) is 17.8 Å². The average molecular weight is 491 g/mol. The highest BCUT2D eigenvalue weighted by atomic mass is 16.3. The summed E-state index contributed by atoms with van der Waals surface area (Å²) in [6.45, 7) is 17.3. The molecule has 0 aliphatic heterocycles. The van der Waals surface area contributed by atoms with Crippen molar-refractivity contribution >= 4 is 17.8 Å². The van der Waals surface area contributed by atoms with Gasteiger partial charge in [-0.2, -0.15) is 5.26 Å². The molecule has 0 aliphatic rings. The molecule has 2 N–H and O–H groups in total. The predicted molar refractivity (Wildman–Crippen MR) is 141 cm³/mol. The lowest BCUT2D eigenvalue weighted by Crippen LogP contribution is -2.26. The van der Waals surface area contributed by atoms with Gasteiger partial charge in [-0.1, -0.05) is 47.0 Å². The van der Waals surface area contributed by atoms with Gasteiger partial charge in [0.05, 0.1) is 6.57 Å². The first-order valence-electron chi connectivity index (χ1n) is 12.3. The van der Waals surface area contributed by atoms with Crippen LogP contribution in [0.4, 0.5) is 5.69 Å². The summed E-state index contributed by atoms with van der Waals surface area (Å²) in [4.78, 5) is 29.4. The van der Waals surface area contributed by atoms with E-state index in [0.29, 0.717) is 29.5 Å². The summed E-state index contributed by atoms with van der Waals surface area (Å²) in [7, 11) is 0. The number of rotatable bonds is 10. The SMILES string of the molecule is [C-]#[N+]c1c(C)c(C=C=Cc2c(C(C)C)c(C#N)c(=O)n(CCCCC)c2O)c(=O)n(CCCC)c1O. The molecule has 0 amide bonds. The van der Waals surface area contributed by atoms with Crippen LogP contribution < -0.4 is 11.1 Å². The van der Waals surface area contributed by atoms with Gasteiger partial charge in [-0.25, -0.2) is 4.85 Å². The van der Waals surface area contributed by atoms with Gasteiger partial charge in [-0.05, 0) is 49.0 Å². The fourth-order valence-electron chi connectivity index (χ4n) is 4.19. The van der Waals surface area contributed by atoms with Gasteiger partial charge in [0.2, 0.25) is 11.6 Å². The Bertz CT molecular complexity index is 1390. The molecule has 0 aliphatic carbocycles. The van der Waals surface area contributed by atoms with Gasteiger partial charge >= 0.3 is 0 Å². The molecule has 0 radical (unpaired) electrons.